The van der Waals surface area contributed by atoms with E-state index >= 15 is 0 Å². The molecule has 0 spiro atoms. The molecule has 2 aliphatic heterocycles. The SMILES string of the molecule is CCN1CCN(C2=C(c3ccccc3OC)C(=O)N(C(C)C)C2=O)CC1. The molecular formula is C20H27N3O3. The summed E-state index contributed by atoms with van der Waals surface area (Å²) in [6, 6.07) is 7.22. The molecule has 1 aromatic rings. The van der Waals surface area contributed by atoms with Crippen LogP contribution in [0, 0.1) is 0 Å². The smallest absolute Gasteiger partial charge is 0.278 e. The van der Waals surface area contributed by atoms with E-state index in [9.17, 15) is 9.59 Å². The molecule has 0 bridgehead atoms. The quantitative estimate of drug-likeness (QED) is 0.753. The van der Waals surface area contributed by atoms with Crippen LogP contribution < -0.4 is 4.74 Å². The van der Waals surface area contributed by atoms with Gasteiger partial charge in [-0.25, -0.2) is 0 Å². The minimum absolute atomic E-state index is 0.186. The van der Waals surface area contributed by atoms with Crippen molar-refractivity contribution in [3.63, 3.8) is 0 Å². The molecule has 0 unspecified atom stereocenters. The molecule has 2 amide bonds. The van der Waals surface area contributed by atoms with Crippen LogP contribution in [0.2, 0.25) is 0 Å². The lowest BCUT2D eigenvalue weighted by molar-refractivity contribution is -0.139. The number of rotatable bonds is 5. The first-order valence-electron chi connectivity index (χ1n) is 9.22. The Morgan fingerprint density at radius 1 is 1.04 bits per heavy atom. The molecule has 0 saturated carbocycles. The Morgan fingerprint density at radius 3 is 2.27 bits per heavy atom. The van der Waals surface area contributed by atoms with E-state index < -0.39 is 0 Å². The predicted octanol–water partition coefficient (Wildman–Crippen LogP) is 1.82. The van der Waals surface area contributed by atoms with Gasteiger partial charge in [0.15, 0.2) is 0 Å². The van der Waals surface area contributed by atoms with E-state index in [1.807, 2.05) is 38.1 Å². The zero-order valence-corrected chi connectivity index (χ0v) is 16.0. The third-order valence-corrected chi connectivity index (χ3v) is 5.12. The molecule has 140 valence electrons. The van der Waals surface area contributed by atoms with E-state index in [2.05, 4.69) is 16.7 Å². The maximum Gasteiger partial charge on any atom is 0.278 e. The van der Waals surface area contributed by atoms with Gasteiger partial charge >= 0.3 is 0 Å². The van der Waals surface area contributed by atoms with Crippen molar-refractivity contribution in [2.24, 2.45) is 0 Å². The second-order valence-corrected chi connectivity index (χ2v) is 6.92. The van der Waals surface area contributed by atoms with Gasteiger partial charge in [0.05, 0.1) is 12.7 Å². The Labute approximate surface area is 155 Å². The van der Waals surface area contributed by atoms with Crippen LogP contribution in [0.3, 0.4) is 0 Å². The molecule has 1 fully saturated rings. The van der Waals surface area contributed by atoms with Crippen molar-refractivity contribution < 1.29 is 14.3 Å². The standard InChI is InChI=1S/C20H27N3O3/c1-5-21-10-12-22(13-11-21)18-17(15-8-6-7-9-16(15)26-4)19(24)23(14(2)3)20(18)25/h6-9,14H,5,10-13H2,1-4H3. The number of benzene rings is 1. The monoisotopic (exact) mass is 357 g/mol. The number of hydrogen-bond donors (Lipinski definition) is 0. The Morgan fingerprint density at radius 2 is 1.69 bits per heavy atom. The van der Waals surface area contributed by atoms with Gasteiger partial charge in [0, 0.05) is 37.8 Å². The number of ether oxygens (including phenoxy) is 1. The van der Waals surface area contributed by atoms with E-state index in [0.717, 1.165) is 32.7 Å². The fourth-order valence-corrected chi connectivity index (χ4v) is 3.68. The molecule has 0 radical (unpaired) electrons. The third-order valence-electron chi connectivity index (χ3n) is 5.12. The summed E-state index contributed by atoms with van der Waals surface area (Å²) in [5, 5.41) is 0. The number of nitrogens with zero attached hydrogens (tertiary/aromatic N) is 3. The van der Waals surface area contributed by atoms with Gasteiger partial charge in [0.2, 0.25) is 0 Å². The lowest BCUT2D eigenvalue weighted by atomic mass is 10.0. The van der Waals surface area contributed by atoms with Crippen molar-refractivity contribution in [3.8, 4) is 5.75 Å². The molecule has 3 rings (SSSR count). The van der Waals surface area contributed by atoms with E-state index in [1.54, 1.807) is 7.11 Å². The first-order valence-corrected chi connectivity index (χ1v) is 9.22. The first-order chi connectivity index (χ1) is 12.5. The lowest BCUT2D eigenvalue weighted by Crippen LogP contribution is -2.47. The second kappa shape index (κ2) is 7.50. The van der Waals surface area contributed by atoms with Crippen molar-refractivity contribution in [2.75, 3.05) is 39.8 Å². The number of carbonyl (C=O) groups excluding carboxylic acids is 2. The van der Waals surface area contributed by atoms with Crippen molar-refractivity contribution in [3.05, 3.63) is 35.5 Å². The highest BCUT2D eigenvalue weighted by Crippen LogP contribution is 2.37. The van der Waals surface area contributed by atoms with Crippen molar-refractivity contribution in [1.82, 2.24) is 14.7 Å². The Bertz CT molecular complexity index is 734. The molecule has 6 heteroatoms. The van der Waals surface area contributed by atoms with E-state index in [1.165, 1.54) is 4.90 Å². The highest BCUT2D eigenvalue weighted by molar-refractivity contribution is 6.36. The number of hydrogen-bond acceptors (Lipinski definition) is 5. The summed E-state index contributed by atoms with van der Waals surface area (Å²) >= 11 is 0. The lowest BCUT2D eigenvalue weighted by Gasteiger charge is -2.36. The first kappa shape index (κ1) is 18.5. The maximum atomic E-state index is 13.2. The van der Waals surface area contributed by atoms with Gasteiger partial charge in [0.1, 0.15) is 11.4 Å². The maximum absolute atomic E-state index is 13.2. The van der Waals surface area contributed by atoms with Gasteiger partial charge in [-0.1, -0.05) is 25.1 Å². The third kappa shape index (κ3) is 3.09. The fraction of sp³-hybridized carbons (Fsp3) is 0.500. The van der Waals surface area contributed by atoms with E-state index in [0.29, 0.717) is 22.6 Å². The summed E-state index contributed by atoms with van der Waals surface area (Å²) in [6.45, 7) is 10.1. The van der Waals surface area contributed by atoms with Gasteiger partial charge in [-0.3, -0.25) is 14.5 Å². The predicted molar refractivity (Wildman–Crippen MR) is 101 cm³/mol. The molecule has 1 aromatic carbocycles. The summed E-state index contributed by atoms with van der Waals surface area (Å²) in [6.07, 6.45) is 0. The number of carbonyl (C=O) groups is 2. The van der Waals surface area contributed by atoms with Crippen LogP contribution in [-0.2, 0) is 9.59 Å². The van der Waals surface area contributed by atoms with Gasteiger partial charge in [-0.2, -0.15) is 0 Å². The van der Waals surface area contributed by atoms with Crippen LogP contribution in [0.1, 0.15) is 26.3 Å². The molecule has 2 heterocycles. The number of imide groups is 1. The molecule has 0 atom stereocenters. The number of likely N-dealkylation sites (N-methyl/N-ethyl adjacent to an activating group) is 1. The Hall–Kier alpha value is -2.34. The summed E-state index contributed by atoms with van der Waals surface area (Å²) in [5.74, 6) is 0.178. The fourth-order valence-electron chi connectivity index (χ4n) is 3.68. The van der Waals surface area contributed by atoms with Crippen LogP contribution >= 0.6 is 0 Å². The van der Waals surface area contributed by atoms with Crippen LogP contribution in [-0.4, -0.2) is 72.4 Å². The van der Waals surface area contributed by atoms with Crippen LogP contribution in [0.4, 0.5) is 0 Å². The van der Waals surface area contributed by atoms with E-state index in [-0.39, 0.29) is 17.9 Å². The molecule has 6 nitrogen and oxygen atoms in total. The second-order valence-electron chi connectivity index (χ2n) is 6.92. The van der Waals surface area contributed by atoms with Gasteiger partial charge < -0.3 is 14.5 Å². The van der Waals surface area contributed by atoms with Crippen molar-refractivity contribution >= 4 is 17.4 Å². The molecule has 2 aliphatic rings. The van der Waals surface area contributed by atoms with Gasteiger partial charge in [-0.15, -0.1) is 0 Å². The summed E-state index contributed by atoms with van der Waals surface area (Å²) in [5.41, 5.74) is 1.67. The van der Waals surface area contributed by atoms with Crippen LogP contribution in [0.15, 0.2) is 30.0 Å². The van der Waals surface area contributed by atoms with Crippen molar-refractivity contribution in [1.29, 1.82) is 0 Å². The molecule has 0 aromatic heterocycles. The number of piperazine rings is 1. The summed E-state index contributed by atoms with van der Waals surface area (Å²) in [4.78, 5) is 32.1. The average Bonchev–Trinajstić information content (AvgIpc) is 2.92. The normalized spacial score (nSPS) is 19.1. The van der Waals surface area contributed by atoms with Gasteiger partial charge in [-0.05, 0) is 26.5 Å². The zero-order valence-electron chi connectivity index (χ0n) is 16.0. The Kier molecular flexibility index (Phi) is 5.32. The number of para-hydroxylation sites is 1. The molecule has 0 N–H and O–H groups in total. The number of methoxy groups -OCH3 is 1. The molecule has 26 heavy (non-hydrogen) atoms. The minimum Gasteiger partial charge on any atom is -0.496 e. The largest absolute Gasteiger partial charge is 0.496 e. The zero-order chi connectivity index (χ0) is 18.8. The molecule has 1 saturated heterocycles. The summed E-state index contributed by atoms with van der Waals surface area (Å²) in [7, 11) is 1.58. The highest BCUT2D eigenvalue weighted by atomic mass is 16.5. The molecule has 0 aliphatic carbocycles. The van der Waals surface area contributed by atoms with Crippen molar-refractivity contribution in [2.45, 2.75) is 26.8 Å². The van der Waals surface area contributed by atoms with Gasteiger partial charge in [0.25, 0.3) is 11.8 Å². The molecular weight excluding hydrogens is 330 g/mol. The number of amides is 2. The highest BCUT2D eigenvalue weighted by Gasteiger charge is 2.43. The van der Waals surface area contributed by atoms with E-state index in [4.69, 9.17) is 4.74 Å². The van der Waals surface area contributed by atoms with Crippen LogP contribution in [0.25, 0.3) is 5.57 Å². The van der Waals surface area contributed by atoms with Crippen LogP contribution in [0.5, 0.6) is 5.75 Å². The topological polar surface area (TPSA) is 53.1 Å². The average molecular weight is 357 g/mol. The Balaban J connectivity index is 2.08. The minimum atomic E-state index is -0.234. The summed E-state index contributed by atoms with van der Waals surface area (Å²) < 4.78 is 5.46.